The van der Waals surface area contributed by atoms with Crippen LogP contribution in [0.2, 0.25) is 0 Å². The van der Waals surface area contributed by atoms with Gasteiger partial charge in [-0.05, 0) is 32.1 Å². The number of carbonyl (C=O) groups excluding carboxylic acids is 2. The molecule has 0 spiro atoms. The van der Waals surface area contributed by atoms with E-state index in [2.05, 4.69) is 22.5 Å². The van der Waals surface area contributed by atoms with Crippen LogP contribution in [-0.2, 0) is 24.0 Å². The van der Waals surface area contributed by atoms with E-state index in [0.29, 0.717) is 0 Å². The summed E-state index contributed by atoms with van der Waals surface area (Å²) in [5, 5.41) is 6.59. The number of nitrogens with zero attached hydrogens (tertiary/aromatic N) is 1. The Kier molecular flexibility index (Phi) is 6.47. The smallest absolute Gasteiger partial charge is 0.272 e. The summed E-state index contributed by atoms with van der Waals surface area (Å²) in [4.78, 5) is 35.2. The van der Waals surface area contributed by atoms with E-state index in [0.717, 1.165) is 18.2 Å². The van der Waals surface area contributed by atoms with Gasteiger partial charge in [0.05, 0.1) is 24.5 Å². The van der Waals surface area contributed by atoms with Gasteiger partial charge in [0.1, 0.15) is 17.7 Å². The van der Waals surface area contributed by atoms with Crippen LogP contribution in [0.1, 0.15) is 32.3 Å². The summed E-state index contributed by atoms with van der Waals surface area (Å²) in [6.45, 7) is 7.30. The Labute approximate surface area is 172 Å². The van der Waals surface area contributed by atoms with Crippen LogP contribution in [0.15, 0.2) is 36.0 Å². The van der Waals surface area contributed by atoms with Gasteiger partial charge in [-0.3, -0.25) is 14.4 Å². The van der Waals surface area contributed by atoms with Crippen LogP contribution in [0.25, 0.3) is 0 Å². The molecular weight excluding hydrogens is 400 g/mol. The standard InChI is InChI=1S/C20H23F2N3O5/c1-4-20(9-16(24-30-20)12-5-13(21)7-14(22)6-12)19(27)23-15-8-17(28-10-15)18(26)25-29-11(2)3/h4-7,11,15,17H,1,8-10H2,2-3H3,(H,23,27)(H,25,26)/t15-,17-,20+/m0/s1. The van der Waals surface area contributed by atoms with Crippen molar-refractivity contribution >= 4 is 17.5 Å². The molecule has 10 heteroatoms. The van der Waals surface area contributed by atoms with Crippen LogP contribution in [0.4, 0.5) is 8.78 Å². The predicted octanol–water partition coefficient (Wildman–Crippen LogP) is 1.74. The van der Waals surface area contributed by atoms with E-state index < -0.39 is 41.2 Å². The molecule has 1 aromatic rings. The van der Waals surface area contributed by atoms with Crippen LogP contribution in [0.3, 0.4) is 0 Å². The molecule has 3 atom stereocenters. The third-order valence-electron chi connectivity index (χ3n) is 4.68. The number of carbonyl (C=O) groups is 2. The van der Waals surface area contributed by atoms with E-state index >= 15 is 0 Å². The highest BCUT2D eigenvalue weighted by atomic mass is 19.1. The van der Waals surface area contributed by atoms with Crippen molar-refractivity contribution in [1.82, 2.24) is 10.8 Å². The van der Waals surface area contributed by atoms with Crippen molar-refractivity contribution in [2.75, 3.05) is 6.61 Å². The molecule has 0 radical (unpaired) electrons. The van der Waals surface area contributed by atoms with E-state index in [4.69, 9.17) is 14.4 Å². The van der Waals surface area contributed by atoms with Gasteiger partial charge in [-0.1, -0.05) is 11.7 Å². The Hall–Kier alpha value is -2.85. The zero-order valence-corrected chi connectivity index (χ0v) is 16.6. The van der Waals surface area contributed by atoms with Gasteiger partial charge in [0.15, 0.2) is 0 Å². The molecule has 2 N–H and O–H groups in total. The van der Waals surface area contributed by atoms with E-state index in [1.165, 1.54) is 6.08 Å². The van der Waals surface area contributed by atoms with Gasteiger partial charge in [-0.25, -0.2) is 14.3 Å². The van der Waals surface area contributed by atoms with Crippen LogP contribution in [0.5, 0.6) is 0 Å². The van der Waals surface area contributed by atoms with Crippen molar-refractivity contribution in [3.8, 4) is 0 Å². The molecule has 0 bridgehead atoms. The largest absolute Gasteiger partial charge is 0.374 e. The SMILES string of the molecule is C=C[C@]1(C(=O)N[C@@H]2CO[C@H](C(=O)NOC(C)C)C2)CC(c2cc(F)cc(F)c2)=NO1. The van der Waals surface area contributed by atoms with E-state index in [9.17, 15) is 18.4 Å². The lowest BCUT2D eigenvalue weighted by atomic mass is 9.92. The maximum absolute atomic E-state index is 13.5. The van der Waals surface area contributed by atoms with Crippen molar-refractivity contribution in [2.24, 2.45) is 5.16 Å². The number of rotatable bonds is 7. The number of benzene rings is 1. The topological polar surface area (TPSA) is 98.2 Å². The number of nitrogens with one attached hydrogen (secondary N) is 2. The number of amides is 2. The molecule has 2 aliphatic heterocycles. The summed E-state index contributed by atoms with van der Waals surface area (Å²) in [6, 6.07) is 2.51. The van der Waals surface area contributed by atoms with E-state index in [1.807, 2.05) is 0 Å². The second kappa shape index (κ2) is 8.88. The van der Waals surface area contributed by atoms with Crippen molar-refractivity contribution in [2.45, 2.75) is 50.5 Å². The molecular formula is C20H23F2N3O5. The quantitative estimate of drug-likeness (QED) is 0.514. The molecule has 1 aromatic carbocycles. The van der Waals surface area contributed by atoms with E-state index in [-0.39, 0.29) is 36.8 Å². The van der Waals surface area contributed by atoms with Gasteiger partial charge in [0.25, 0.3) is 11.8 Å². The molecule has 0 aliphatic carbocycles. The highest BCUT2D eigenvalue weighted by Crippen LogP contribution is 2.29. The van der Waals surface area contributed by atoms with Crippen LogP contribution in [-0.4, -0.2) is 48.0 Å². The van der Waals surface area contributed by atoms with Gasteiger partial charge in [0.2, 0.25) is 5.60 Å². The van der Waals surface area contributed by atoms with Crippen LogP contribution < -0.4 is 10.8 Å². The Morgan fingerprint density at radius 2 is 2.03 bits per heavy atom. The fraction of sp³-hybridized carbons (Fsp3) is 0.450. The molecule has 0 unspecified atom stereocenters. The van der Waals surface area contributed by atoms with Gasteiger partial charge < -0.3 is 14.9 Å². The van der Waals surface area contributed by atoms with Crippen molar-refractivity contribution in [1.29, 1.82) is 0 Å². The number of hydrogen-bond acceptors (Lipinski definition) is 6. The molecule has 3 rings (SSSR count). The van der Waals surface area contributed by atoms with Crippen LogP contribution in [0, 0.1) is 11.6 Å². The Bertz CT molecular complexity index is 856. The lowest BCUT2D eigenvalue weighted by molar-refractivity contribution is -0.146. The first-order valence-corrected chi connectivity index (χ1v) is 9.45. The van der Waals surface area contributed by atoms with Crippen molar-refractivity contribution in [3.05, 3.63) is 48.1 Å². The van der Waals surface area contributed by atoms with Crippen molar-refractivity contribution in [3.63, 3.8) is 0 Å². The van der Waals surface area contributed by atoms with Gasteiger partial charge in [-0.15, -0.1) is 0 Å². The first-order valence-electron chi connectivity index (χ1n) is 9.45. The second-order valence-corrected chi connectivity index (χ2v) is 7.42. The average Bonchev–Trinajstić information content (AvgIpc) is 3.33. The molecule has 0 aromatic heterocycles. The summed E-state index contributed by atoms with van der Waals surface area (Å²) >= 11 is 0. The second-order valence-electron chi connectivity index (χ2n) is 7.42. The third kappa shape index (κ3) is 4.82. The number of halogens is 2. The molecule has 30 heavy (non-hydrogen) atoms. The molecule has 1 saturated heterocycles. The van der Waals surface area contributed by atoms with Gasteiger partial charge in [-0.2, -0.15) is 0 Å². The Morgan fingerprint density at radius 3 is 2.67 bits per heavy atom. The van der Waals surface area contributed by atoms with Crippen LogP contribution >= 0.6 is 0 Å². The van der Waals surface area contributed by atoms with Gasteiger partial charge >= 0.3 is 0 Å². The molecule has 1 fully saturated rings. The normalized spacial score (nSPS) is 25.6. The monoisotopic (exact) mass is 423 g/mol. The highest BCUT2D eigenvalue weighted by Gasteiger charge is 2.46. The fourth-order valence-electron chi connectivity index (χ4n) is 3.11. The fourth-order valence-corrected chi connectivity index (χ4v) is 3.11. The number of ether oxygens (including phenoxy) is 1. The minimum Gasteiger partial charge on any atom is -0.374 e. The number of hydroxylamine groups is 1. The lowest BCUT2D eigenvalue weighted by Gasteiger charge is -2.23. The molecule has 2 heterocycles. The third-order valence-corrected chi connectivity index (χ3v) is 4.68. The molecule has 2 aliphatic rings. The van der Waals surface area contributed by atoms with E-state index in [1.54, 1.807) is 13.8 Å². The summed E-state index contributed by atoms with van der Waals surface area (Å²) in [5.74, 6) is -2.50. The molecule has 2 amide bonds. The Morgan fingerprint density at radius 1 is 1.33 bits per heavy atom. The minimum atomic E-state index is -1.53. The lowest BCUT2D eigenvalue weighted by Crippen LogP contribution is -2.49. The first kappa shape index (κ1) is 21.8. The summed E-state index contributed by atoms with van der Waals surface area (Å²) in [7, 11) is 0. The first-order chi connectivity index (χ1) is 14.2. The van der Waals surface area contributed by atoms with Crippen molar-refractivity contribution < 1.29 is 32.8 Å². The molecule has 8 nitrogen and oxygen atoms in total. The minimum absolute atomic E-state index is 0.0506. The maximum atomic E-state index is 13.5. The highest BCUT2D eigenvalue weighted by molar-refractivity contribution is 6.06. The summed E-state index contributed by atoms with van der Waals surface area (Å²) in [6.07, 6.45) is 0.532. The summed E-state index contributed by atoms with van der Waals surface area (Å²) < 4.78 is 32.4. The average molecular weight is 423 g/mol. The predicted molar refractivity (Wildman–Crippen MR) is 102 cm³/mol. The van der Waals surface area contributed by atoms with Gasteiger partial charge in [0, 0.05) is 24.5 Å². The maximum Gasteiger partial charge on any atom is 0.272 e. The number of oxime groups is 1. The molecule has 162 valence electrons. The molecule has 0 saturated carbocycles. The zero-order chi connectivity index (χ0) is 21.9. The number of hydrogen-bond donors (Lipinski definition) is 2. The summed E-state index contributed by atoms with van der Waals surface area (Å²) in [5.41, 5.74) is 1.17. The zero-order valence-electron chi connectivity index (χ0n) is 16.6. The Balaban J connectivity index is 1.60.